The molecule has 1 aliphatic rings. The Kier molecular flexibility index (Phi) is 9.98. The highest BCUT2D eigenvalue weighted by molar-refractivity contribution is 7.92. The molecule has 0 spiro atoms. The van der Waals surface area contributed by atoms with Gasteiger partial charge in [0, 0.05) is 12.6 Å². The summed E-state index contributed by atoms with van der Waals surface area (Å²) >= 11 is 0. The summed E-state index contributed by atoms with van der Waals surface area (Å²) in [4.78, 5) is 29.0. The smallest absolute Gasteiger partial charge is 0.264 e. The second-order valence-electron chi connectivity index (χ2n) is 10.4. The molecule has 1 aliphatic carbocycles. The van der Waals surface area contributed by atoms with Crippen molar-refractivity contribution in [3.63, 3.8) is 0 Å². The Morgan fingerprint density at radius 2 is 1.45 bits per heavy atom. The van der Waals surface area contributed by atoms with Gasteiger partial charge in [0.15, 0.2) is 0 Å². The van der Waals surface area contributed by atoms with Gasteiger partial charge in [0.2, 0.25) is 11.8 Å². The highest BCUT2D eigenvalue weighted by Gasteiger charge is 2.33. The average molecular weight is 562 g/mol. The SMILES string of the molecule is CCc1ccc(N(CC(=O)N(Cc2ccccc2)[C@H](C)C(=O)NC2CCCCC2)S(=O)(=O)c2ccccc2)cc1. The van der Waals surface area contributed by atoms with E-state index in [-0.39, 0.29) is 23.4 Å². The molecule has 8 heteroatoms. The summed E-state index contributed by atoms with van der Waals surface area (Å²) in [6.07, 6.45) is 6.00. The van der Waals surface area contributed by atoms with Crippen molar-refractivity contribution in [3.05, 3.63) is 96.1 Å². The molecule has 40 heavy (non-hydrogen) atoms. The number of nitrogens with zero attached hydrogens (tertiary/aromatic N) is 2. The monoisotopic (exact) mass is 561 g/mol. The number of amides is 2. The molecule has 1 saturated carbocycles. The second-order valence-corrected chi connectivity index (χ2v) is 12.2. The number of sulfonamides is 1. The number of nitrogens with one attached hydrogen (secondary N) is 1. The van der Waals surface area contributed by atoms with Gasteiger partial charge in [-0.15, -0.1) is 0 Å². The van der Waals surface area contributed by atoms with Crippen molar-refractivity contribution in [2.24, 2.45) is 0 Å². The topological polar surface area (TPSA) is 86.8 Å². The molecule has 1 atom stereocenters. The minimum absolute atomic E-state index is 0.0973. The van der Waals surface area contributed by atoms with Crippen LogP contribution in [0.1, 0.15) is 57.1 Å². The third-order valence-corrected chi connectivity index (χ3v) is 9.35. The lowest BCUT2D eigenvalue weighted by molar-refractivity contribution is -0.139. The van der Waals surface area contributed by atoms with Crippen LogP contribution in [0.15, 0.2) is 89.8 Å². The normalized spacial score (nSPS) is 14.8. The van der Waals surface area contributed by atoms with E-state index in [9.17, 15) is 18.0 Å². The first kappa shape index (κ1) is 29.3. The van der Waals surface area contributed by atoms with Crippen LogP contribution >= 0.6 is 0 Å². The van der Waals surface area contributed by atoms with Crippen molar-refractivity contribution in [3.8, 4) is 0 Å². The molecule has 1 fully saturated rings. The highest BCUT2D eigenvalue weighted by atomic mass is 32.2. The van der Waals surface area contributed by atoms with Crippen LogP contribution in [0.25, 0.3) is 0 Å². The van der Waals surface area contributed by atoms with Gasteiger partial charge in [-0.2, -0.15) is 0 Å². The lowest BCUT2D eigenvalue weighted by Gasteiger charge is -2.33. The fourth-order valence-electron chi connectivity index (χ4n) is 5.08. The molecular formula is C32H39N3O4S. The van der Waals surface area contributed by atoms with E-state index in [0.717, 1.165) is 47.5 Å². The fraction of sp³-hybridized carbons (Fsp3) is 0.375. The van der Waals surface area contributed by atoms with Gasteiger partial charge in [-0.25, -0.2) is 8.42 Å². The second kappa shape index (κ2) is 13.6. The van der Waals surface area contributed by atoms with Crippen LogP contribution in [0.2, 0.25) is 0 Å². The lowest BCUT2D eigenvalue weighted by atomic mass is 9.95. The Labute approximate surface area is 238 Å². The molecule has 0 heterocycles. The standard InChI is InChI=1S/C32H39N3O4S/c1-3-26-19-21-29(22-20-26)35(40(38,39)30-17-11-6-12-18-30)24-31(36)34(23-27-13-7-4-8-14-27)25(2)32(37)33-28-15-9-5-10-16-28/h4,6-8,11-14,17-22,25,28H,3,5,9-10,15-16,23-24H2,1-2H3,(H,33,37)/t25-/m1/s1. The lowest BCUT2D eigenvalue weighted by Crippen LogP contribution is -2.53. The number of rotatable bonds is 11. The minimum atomic E-state index is -4.06. The molecular weight excluding hydrogens is 522 g/mol. The quantitative estimate of drug-likeness (QED) is 0.344. The maximum absolute atomic E-state index is 14.0. The summed E-state index contributed by atoms with van der Waals surface area (Å²) in [5.74, 6) is -0.671. The zero-order valence-corrected chi connectivity index (χ0v) is 24.1. The maximum atomic E-state index is 14.0. The first-order valence-corrected chi connectivity index (χ1v) is 15.5. The van der Waals surface area contributed by atoms with Gasteiger partial charge in [0.25, 0.3) is 10.0 Å². The predicted molar refractivity (Wildman–Crippen MR) is 158 cm³/mol. The van der Waals surface area contributed by atoms with Crippen LogP contribution in [0, 0.1) is 0 Å². The molecule has 3 aromatic rings. The van der Waals surface area contributed by atoms with Crippen molar-refractivity contribution in [1.82, 2.24) is 10.2 Å². The molecule has 2 amide bonds. The first-order chi connectivity index (χ1) is 19.3. The molecule has 4 rings (SSSR count). The Balaban J connectivity index is 1.65. The number of carbonyl (C=O) groups excluding carboxylic acids is 2. The van der Waals surface area contributed by atoms with Gasteiger partial charge in [0.1, 0.15) is 12.6 Å². The summed E-state index contributed by atoms with van der Waals surface area (Å²) in [6, 6.07) is 24.1. The summed E-state index contributed by atoms with van der Waals surface area (Å²) < 4.78 is 28.8. The van der Waals surface area contributed by atoms with Crippen LogP contribution in [-0.4, -0.2) is 43.8 Å². The summed E-state index contributed by atoms with van der Waals surface area (Å²) in [5.41, 5.74) is 2.32. The zero-order chi connectivity index (χ0) is 28.5. The van der Waals surface area contributed by atoms with E-state index in [1.807, 2.05) is 49.4 Å². The van der Waals surface area contributed by atoms with Gasteiger partial charge in [-0.3, -0.25) is 13.9 Å². The maximum Gasteiger partial charge on any atom is 0.264 e. The Bertz CT molecular complexity index is 1360. The van der Waals surface area contributed by atoms with Crippen LogP contribution in [-0.2, 0) is 32.6 Å². The highest BCUT2D eigenvalue weighted by Crippen LogP contribution is 2.25. The fourth-order valence-corrected chi connectivity index (χ4v) is 6.51. The van der Waals surface area contributed by atoms with E-state index in [1.165, 1.54) is 23.5 Å². The zero-order valence-electron chi connectivity index (χ0n) is 23.3. The minimum Gasteiger partial charge on any atom is -0.352 e. The Morgan fingerprint density at radius 1 is 0.850 bits per heavy atom. The molecule has 0 radical (unpaired) electrons. The molecule has 212 valence electrons. The van der Waals surface area contributed by atoms with Crippen LogP contribution in [0.5, 0.6) is 0 Å². The third kappa shape index (κ3) is 7.30. The Morgan fingerprint density at radius 3 is 2.05 bits per heavy atom. The van der Waals surface area contributed by atoms with Gasteiger partial charge < -0.3 is 10.2 Å². The third-order valence-electron chi connectivity index (χ3n) is 7.56. The first-order valence-electron chi connectivity index (χ1n) is 14.1. The number of hydrogen-bond acceptors (Lipinski definition) is 4. The van der Waals surface area contributed by atoms with E-state index >= 15 is 0 Å². The van der Waals surface area contributed by atoms with Crippen molar-refractivity contribution >= 4 is 27.5 Å². The molecule has 0 aliphatic heterocycles. The van der Waals surface area contributed by atoms with Crippen LogP contribution in [0.4, 0.5) is 5.69 Å². The number of aryl methyl sites for hydroxylation is 1. The van der Waals surface area contributed by atoms with Crippen molar-refractivity contribution in [2.45, 2.75) is 75.9 Å². The molecule has 0 saturated heterocycles. The molecule has 3 aromatic carbocycles. The predicted octanol–water partition coefficient (Wildman–Crippen LogP) is 5.31. The van der Waals surface area contributed by atoms with E-state index in [2.05, 4.69) is 5.32 Å². The van der Waals surface area contributed by atoms with Gasteiger partial charge in [-0.1, -0.05) is 86.8 Å². The van der Waals surface area contributed by atoms with E-state index < -0.39 is 28.5 Å². The van der Waals surface area contributed by atoms with Crippen LogP contribution in [0.3, 0.4) is 0 Å². The summed E-state index contributed by atoms with van der Waals surface area (Å²) in [7, 11) is -4.06. The molecule has 1 N–H and O–H groups in total. The number of benzene rings is 3. The van der Waals surface area contributed by atoms with Crippen molar-refractivity contribution in [2.75, 3.05) is 10.8 Å². The summed E-state index contributed by atoms with van der Waals surface area (Å²) in [5, 5.41) is 3.13. The number of anilines is 1. The average Bonchev–Trinajstić information content (AvgIpc) is 2.99. The Hall–Kier alpha value is -3.65. The van der Waals surface area contributed by atoms with Gasteiger partial charge in [-0.05, 0) is 61.6 Å². The molecule has 0 unspecified atom stereocenters. The van der Waals surface area contributed by atoms with Crippen molar-refractivity contribution < 1.29 is 18.0 Å². The molecule has 0 bridgehead atoms. The van der Waals surface area contributed by atoms with Crippen molar-refractivity contribution in [1.29, 1.82) is 0 Å². The van der Waals surface area contributed by atoms with E-state index in [0.29, 0.717) is 5.69 Å². The van der Waals surface area contributed by atoms with Gasteiger partial charge in [0.05, 0.1) is 10.6 Å². The van der Waals surface area contributed by atoms with Crippen LogP contribution < -0.4 is 9.62 Å². The van der Waals surface area contributed by atoms with E-state index in [1.54, 1.807) is 37.3 Å². The largest absolute Gasteiger partial charge is 0.352 e. The van der Waals surface area contributed by atoms with Gasteiger partial charge >= 0.3 is 0 Å². The summed E-state index contributed by atoms with van der Waals surface area (Å²) in [6.45, 7) is 3.49. The number of carbonyl (C=O) groups is 2. The molecule has 7 nitrogen and oxygen atoms in total. The number of hydrogen-bond donors (Lipinski definition) is 1. The molecule has 0 aromatic heterocycles. The van der Waals surface area contributed by atoms with E-state index in [4.69, 9.17) is 0 Å².